The van der Waals surface area contributed by atoms with Crippen LogP contribution in [0.4, 0.5) is 10.9 Å². The van der Waals surface area contributed by atoms with Gasteiger partial charge in [0.25, 0.3) is 5.91 Å². The maximum atomic E-state index is 12.8. The molecule has 1 amide bonds. The Bertz CT molecular complexity index is 1070. The van der Waals surface area contributed by atoms with Crippen molar-refractivity contribution >= 4 is 28.2 Å². The van der Waals surface area contributed by atoms with Gasteiger partial charge in [-0.05, 0) is 56.6 Å². The first-order valence-corrected chi connectivity index (χ1v) is 11.0. The number of pyridine rings is 1. The molecule has 1 N–H and O–H groups in total. The van der Waals surface area contributed by atoms with E-state index >= 15 is 0 Å². The average molecular weight is 422 g/mol. The number of nitrogens with zero attached hydrogens (tertiary/aromatic N) is 4. The minimum atomic E-state index is -0.162. The molecule has 6 nitrogen and oxygen atoms in total. The number of hydrogen-bond donors (Lipinski definition) is 1. The number of carbonyl (C=O) groups is 1. The van der Waals surface area contributed by atoms with E-state index in [1.54, 1.807) is 12.3 Å². The Kier molecular flexibility index (Phi) is 5.83. The first-order valence-electron chi connectivity index (χ1n) is 10.2. The van der Waals surface area contributed by atoms with Gasteiger partial charge in [0.1, 0.15) is 5.82 Å². The van der Waals surface area contributed by atoms with Crippen molar-refractivity contribution in [3.63, 3.8) is 0 Å². The Morgan fingerprint density at radius 3 is 2.60 bits per heavy atom. The molecule has 0 radical (unpaired) electrons. The van der Waals surface area contributed by atoms with E-state index in [4.69, 9.17) is 0 Å². The zero-order valence-electron chi connectivity index (χ0n) is 17.9. The highest BCUT2D eigenvalue weighted by Crippen LogP contribution is 2.30. The lowest BCUT2D eigenvalue weighted by molar-refractivity contribution is 0.102. The maximum absolute atomic E-state index is 12.8. The van der Waals surface area contributed by atoms with E-state index in [0.717, 1.165) is 43.3 Å². The second kappa shape index (κ2) is 8.53. The summed E-state index contributed by atoms with van der Waals surface area (Å²) >= 11 is 1.44. The van der Waals surface area contributed by atoms with Gasteiger partial charge in [-0.1, -0.05) is 12.1 Å². The Balaban J connectivity index is 1.49. The molecular formula is C23H27N5OS. The zero-order valence-corrected chi connectivity index (χ0v) is 18.7. The van der Waals surface area contributed by atoms with Crippen molar-refractivity contribution in [3.05, 3.63) is 58.1 Å². The third-order valence-corrected chi connectivity index (χ3v) is 6.65. The number of thiazole rings is 1. The van der Waals surface area contributed by atoms with Gasteiger partial charge in [0.2, 0.25) is 0 Å². The molecule has 4 rings (SSSR count). The van der Waals surface area contributed by atoms with Crippen LogP contribution in [0.5, 0.6) is 0 Å². The lowest BCUT2D eigenvalue weighted by Gasteiger charge is -2.33. The van der Waals surface area contributed by atoms with Crippen molar-refractivity contribution in [1.82, 2.24) is 14.9 Å². The van der Waals surface area contributed by atoms with Gasteiger partial charge >= 0.3 is 0 Å². The fourth-order valence-corrected chi connectivity index (χ4v) is 4.33. The molecule has 0 atom stereocenters. The van der Waals surface area contributed by atoms with Crippen molar-refractivity contribution in [1.29, 1.82) is 0 Å². The van der Waals surface area contributed by atoms with Gasteiger partial charge < -0.3 is 9.80 Å². The lowest BCUT2D eigenvalue weighted by atomic mass is 9.97. The molecule has 3 heterocycles. The predicted octanol–water partition coefficient (Wildman–Crippen LogP) is 4.13. The standard InChI is InChI=1S/C23H27N5OS/c1-15-5-6-19(17(3)16(15)2)20-14-30-23(25-20)26-22(29)18-7-8-24-21(13-18)28-11-9-27(4)10-12-28/h5-8,13-14H,9-12H2,1-4H3,(H,25,26,29). The highest BCUT2D eigenvalue weighted by Gasteiger charge is 2.17. The van der Waals surface area contributed by atoms with Crippen molar-refractivity contribution in [2.75, 3.05) is 43.4 Å². The van der Waals surface area contributed by atoms with E-state index in [-0.39, 0.29) is 5.91 Å². The molecule has 7 heteroatoms. The largest absolute Gasteiger partial charge is 0.354 e. The normalized spacial score (nSPS) is 14.7. The number of amides is 1. The van der Waals surface area contributed by atoms with Crippen molar-refractivity contribution < 1.29 is 4.79 Å². The molecule has 0 unspecified atom stereocenters. The van der Waals surface area contributed by atoms with E-state index in [2.05, 4.69) is 65.0 Å². The first-order chi connectivity index (χ1) is 14.4. The Morgan fingerprint density at radius 2 is 1.83 bits per heavy atom. The molecule has 1 aliphatic rings. The van der Waals surface area contributed by atoms with Crippen molar-refractivity contribution in [2.45, 2.75) is 20.8 Å². The summed E-state index contributed by atoms with van der Waals surface area (Å²) in [6.07, 6.45) is 1.70. The summed E-state index contributed by atoms with van der Waals surface area (Å²) in [6, 6.07) is 7.83. The molecule has 30 heavy (non-hydrogen) atoms. The van der Waals surface area contributed by atoms with E-state index in [0.29, 0.717) is 10.7 Å². The summed E-state index contributed by atoms with van der Waals surface area (Å²) in [5.41, 5.74) is 6.37. The van der Waals surface area contributed by atoms with Crippen molar-refractivity contribution in [2.24, 2.45) is 0 Å². The van der Waals surface area contributed by atoms with Crippen LogP contribution in [0.15, 0.2) is 35.8 Å². The van der Waals surface area contributed by atoms with Gasteiger partial charge in [-0.3, -0.25) is 10.1 Å². The number of nitrogens with one attached hydrogen (secondary N) is 1. The maximum Gasteiger partial charge on any atom is 0.257 e. The molecule has 0 spiro atoms. The van der Waals surface area contributed by atoms with Crippen LogP contribution in [0.2, 0.25) is 0 Å². The van der Waals surface area contributed by atoms with Crippen LogP contribution in [-0.2, 0) is 0 Å². The van der Waals surface area contributed by atoms with E-state index < -0.39 is 0 Å². The molecular weight excluding hydrogens is 394 g/mol. The number of aromatic nitrogens is 2. The fraction of sp³-hybridized carbons (Fsp3) is 0.348. The van der Waals surface area contributed by atoms with E-state index in [1.807, 2.05) is 11.4 Å². The monoisotopic (exact) mass is 421 g/mol. The van der Waals surface area contributed by atoms with Gasteiger partial charge in [0, 0.05) is 48.9 Å². The number of benzene rings is 1. The van der Waals surface area contributed by atoms with Gasteiger partial charge in [-0.25, -0.2) is 9.97 Å². The molecule has 1 fully saturated rings. The zero-order chi connectivity index (χ0) is 21.3. The third-order valence-electron chi connectivity index (χ3n) is 5.89. The predicted molar refractivity (Wildman–Crippen MR) is 124 cm³/mol. The average Bonchev–Trinajstić information content (AvgIpc) is 3.21. The summed E-state index contributed by atoms with van der Waals surface area (Å²) in [7, 11) is 2.12. The molecule has 1 saturated heterocycles. The van der Waals surface area contributed by atoms with Gasteiger partial charge in [-0.2, -0.15) is 0 Å². The Labute approximate surface area is 181 Å². The van der Waals surface area contributed by atoms with E-state index in [9.17, 15) is 4.79 Å². The molecule has 1 aliphatic heterocycles. The highest BCUT2D eigenvalue weighted by molar-refractivity contribution is 7.14. The summed E-state index contributed by atoms with van der Waals surface area (Å²) < 4.78 is 0. The minimum absolute atomic E-state index is 0.162. The number of carbonyl (C=O) groups excluding carboxylic acids is 1. The molecule has 0 saturated carbocycles. The molecule has 1 aromatic carbocycles. The SMILES string of the molecule is Cc1ccc(-c2csc(NC(=O)c3ccnc(N4CCN(C)CC4)c3)n2)c(C)c1C. The number of hydrogen-bond acceptors (Lipinski definition) is 6. The number of likely N-dealkylation sites (N-methyl/N-ethyl adjacent to an activating group) is 1. The van der Waals surface area contributed by atoms with Crippen LogP contribution in [0.25, 0.3) is 11.3 Å². The van der Waals surface area contributed by atoms with Crippen molar-refractivity contribution in [3.8, 4) is 11.3 Å². The number of piperazine rings is 1. The van der Waals surface area contributed by atoms with Gasteiger partial charge in [0.05, 0.1) is 5.69 Å². The lowest BCUT2D eigenvalue weighted by Crippen LogP contribution is -2.44. The molecule has 3 aromatic rings. The van der Waals surface area contributed by atoms with Gasteiger partial charge in [-0.15, -0.1) is 11.3 Å². The summed E-state index contributed by atoms with van der Waals surface area (Å²) in [5.74, 6) is 0.687. The van der Waals surface area contributed by atoms with Crippen LogP contribution in [0.3, 0.4) is 0 Å². The quantitative estimate of drug-likeness (QED) is 0.686. The minimum Gasteiger partial charge on any atom is -0.354 e. The highest BCUT2D eigenvalue weighted by atomic mass is 32.1. The van der Waals surface area contributed by atoms with Crippen LogP contribution < -0.4 is 10.2 Å². The van der Waals surface area contributed by atoms with E-state index in [1.165, 1.54) is 28.0 Å². The molecule has 0 bridgehead atoms. The Hall–Kier alpha value is -2.77. The second-order valence-electron chi connectivity index (χ2n) is 7.87. The smallest absolute Gasteiger partial charge is 0.257 e. The summed E-state index contributed by atoms with van der Waals surface area (Å²) in [4.78, 5) is 26.4. The van der Waals surface area contributed by atoms with Gasteiger partial charge in [0.15, 0.2) is 5.13 Å². The number of aryl methyl sites for hydroxylation is 1. The number of rotatable bonds is 4. The summed E-state index contributed by atoms with van der Waals surface area (Å²) in [6.45, 7) is 10.2. The molecule has 0 aliphatic carbocycles. The van der Waals surface area contributed by atoms with Crippen LogP contribution in [0.1, 0.15) is 27.0 Å². The van der Waals surface area contributed by atoms with Crippen LogP contribution in [-0.4, -0.2) is 54.0 Å². The molecule has 2 aromatic heterocycles. The van der Waals surface area contributed by atoms with Crippen LogP contribution in [0, 0.1) is 20.8 Å². The fourth-order valence-electron chi connectivity index (χ4n) is 3.63. The second-order valence-corrected chi connectivity index (χ2v) is 8.72. The molecule has 156 valence electrons. The van der Waals surface area contributed by atoms with Crippen LogP contribution >= 0.6 is 11.3 Å². The number of anilines is 2. The summed E-state index contributed by atoms with van der Waals surface area (Å²) in [5, 5.41) is 5.54. The topological polar surface area (TPSA) is 61.4 Å². The first kappa shape index (κ1) is 20.5. The third kappa shape index (κ3) is 4.22. The Morgan fingerprint density at radius 1 is 1.07 bits per heavy atom.